The third kappa shape index (κ3) is 6.99. The number of nitrogens with one attached hydrogen (secondary N) is 1. The highest BCUT2D eigenvalue weighted by atomic mass is 31.2. The zero-order valence-electron chi connectivity index (χ0n) is 27.1. The van der Waals surface area contributed by atoms with Gasteiger partial charge in [0.05, 0.1) is 0 Å². The van der Waals surface area contributed by atoms with Crippen molar-refractivity contribution < 1.29 is 9.18 Å². The number of hydrogen-bond acceptors (Lipinski definition) is 1. The van der Waals surface area contributed by atoms with E-state index in [1.807, 2.05) is 91.0 Å². The minimum atomic E-state index is -1.91. The number of alkyl halides is 1. The van der Waals surface area contributed by atoms with Crippen LogP contribution in [0.5, 0.6) is 0 Å². The van der Waals surface area contributed by atoms with E-state index in [9.17, 15) is 9.18 Å². The fourth-order valence-electron chi connectivity index (χ4n) is 6.52. The van der Waals surface area contributed by atoms with E-state index in [1.165, 1.54) is 21.2 Å². The molecule has 0 radical (unpaired) electrons. The van der Waals surface area contributed by atoms with Gasteiger partial charge in [-0.25, -0.2) is 4.39 Å². The number of benzene rings is 7. The van der Waals surface area contributed by atoms with E-state index in [0.29, 0.717) is 0 Å². The largest absolute Gasteiger partial charge is 0.336 e. The highest BCUT2D eigenvalue weighted by molar-refractivity contribution is 8.01. The van der Waals surface area contributed by atoms with Gasteiger partial charge in [0.15, 0.2) is 6.67 Å². The van der Waals surface area contributed by atoms with E-state index in [2.05, 4.69) is 127 Å². The number of halogens is 1. The smallest absolute Gasteiger partial charge is 0.252 e. The van der Waals surface area contributed by atoms with Crippen LogP contribution < -0.4 is 26.5 Å². The number of amides is 1. The van der Waals surface area contributed by atoms with Gasteiger partial charge in [0.25, 0.3) is 5.91 Å². The van der Waals surface area contributed by atoms with Crippen LogP contribution in [0, 0.1) is 0 Å². The first-order valence-electron chi connectivity index (χ1n) is 16.3. The third-order valence-electron chi connectivity index (χ3n) is 8.64. The van der Waals surface area contributed by atoms with Crippen molar-refractivity contribution in [3.05, 3.63) is 229 Å². The molecule has 0 unspecified atom stereocenters. The zero-order valence-corrected chi connectivity index (χ0v) is 28.0. The molecule has 240 valence electrons. The average molecular weight is 659 g/mol. The lowest BCUT2D eigenvalue weighted by molar-refractivity contribution is -0.123. The molecule has 49 heavy (non-hydrogen) atoms. The first kappa shape index (κ1) is 33.3. The molecular formula is C45H38FNOP+. The molecule has 0 heterocycles. The Morgan fingerprint density at radius 3 is 0.857 bits per heavy atom. The molecule has 0 fully saturated rings. The summed E-state index contributed by atoms with van der Waals surface area (Å²) in [4.78, 5) is 12.1. The lowest BCUT2D eigenvalue weighted by atomic mass is 9.77. The SMILES string of the molecule is O=C(CF)NC(c1ccccc1)(c1ccccc1)c1ccccc1.c1ccc([P+](c2ccccc2)(c2ccccc2)c2ccccc2)cc1. The fraction of sp³-hybridized carbons (Fsp3) is 0.0444. The molecule has 0 aliphatic heterocycles. The zero-order chi connectivity index (χ0) is 33.8. The highest BCUT2D eigenvalue weighted by Gasteiger charge is 2.47. The first-order valence-corrected chi connectivity index (χ1v) is 18.1. The molecule has 4 heteroatoms. The Morgan fingerprint density at radius 1 is 0.408 bits per heavy atom. The molecule has 0 spiro atoms. The van der Waals surface area contributed by atoms with Crippen LogP contribution in [0.4, 0.5) is 4.39 Å². The molecule has 0 bridgehead atoms. The summed E-state index contributed by atoms with van der Waals surface area (Å²) in [6.07, 6.45) is 0. The molecule has 7 aromatic rings. The van der Waals surface area contributed by atoms with Crippen LogP contribution in [-0.2, 0) is 10.3 Å². The molecule has 0 atom stereocenters. The van der Waals surface area contributed by atoms with Gasteiger partial charge in [0, 0.05) is 0 Å². The van der Waals surface area contributed by atoms with Crippen LogP contribution in [0.3, 0.4) is 0 Å². The van der Waals surface area contributed by atoms with Gasteiger partial charge in [0.2, 0.25) is 0 Å². The molecule has 7 rings (SSSR count). The van der Waals surface area contributed by atoms with Gasteiger partial charge < -0.3 is 5.32 Å². The topological polar surface area (TPSA) is 29.1 Å². The van der Waals surface area contributed by atoms with Crippen LogP contribution in [0.15, 0.2) is 212 Å². The molecule has 1 N–H and O–H groups in total. The summed E-state index contributed by atoms with van der Waals surface area (Å²) < 4.78 is 13.1. The maximum Gasteiger partial charge on any atom is 0.252 e. The minimum absolute atomic E-state index is 0.647. The van der Waals surface area contributed by atoms with Gasteiger partial charge in [-0.3, -0.25) is 4.79 Å². The van der Waals surface area contributed by atoms with Gasteiger partial charge in [-0.15, -0.1) is 0 Å². The van der Waals surface area contributed by atoms with Crippen LogP contribution in [0.25, 0.3) is 0 Å². The van der Waals surface area contributed by atoms with E-state index in [-0.39, 0.29) is 0 Å². The lowest BCUT2D eigenvalue weighted by Gasteiger charge is -2.36. The minimum Gasteiger partial charge on any atom is -0.336 e. The Hall–Kier alpha value is -5.63. The Kier molecular flexibility index (Phi) is 10.9. The quantitative estimate of drug-likeness (QED) is 0.123. The maximum atomic E-state index is 13.1. The van der Waals surface area contributed by atoms with Gasteiger partial charge in [0.1, 0.15) is 34.0 Å². The Bertz CT molecular complexity index is 1750. The van der Waals surface area contributed by atoms with E-state index in [1.54, 1.807) is 0 Å². The Labute approximate surface area is 289 Å². The standard InChI is InChI=1S/C24H20P.C21H18FNO/c1-5-13-21(14-6-1)25(22-15-7-2-8-16-22,23-17-9-3-10-18-23)24-19-11-4-12-20-24;22-16-20(24)23-21(17-10-4-1-5-11-17,18-12-6-2-7-13-18)19-14-8-3-9-15-19/h1-20H;1-15H,16H2,(H,23,24)/q+1;. The predicted molar refractivity (Wildman–Crippen MR) is 205 cm³/mol. The van der Waals surface area contributed by atoms with Gasteiger partial charge in [-0.2, -0.15) is 0 Å². The van der Waals surface area contributed by atoms with Crippen LogP contribution in [0.2, 0.25) is 0 Å². The maximum absolute atomic E-state index is 13.1. The number of carbonyl (C=O) groups is 1. The highest BCUT2D eigenvalue weighted by Crippen LogP contribution is 2.54. The summed E-state index contributed by atoms with van der Waals surface area (Å²) in [5, 5.41) is 8.47. The predicted octanol–water partition coefficient (Wildman–Crippen LogP) is 8.37. The Balaban J connectivity index is 0.000000170. The summed E-state index contributed by atoms with van der Waals surface area (Å²) in [6.45, 7) is -1.06. The van der Waals surface area contributed by atoms with Crippen LogP contribution in [0.1, 0.15) is 16.7 Å². The molecule has 7 aromatic carbocycles. The molecule has 0 aliphatic carbocycles. The fourth-order valence-corrected chi connectivity index (χ4v) is 10.8. The molecule has 0 aliphatic rings. The summed E-state index contributed by atoms with van der Waals surface area (Å²) in [5.74, 6) is -0.647. The van der Waals surface area contributed by atoms with Crippen molar-refractivity contribution >= 4 is 34.4 Å². The van der Waals surface area contributed by atoms with Crippen molar-refractivity contribution in [2.45, 2.75) is 5.54 Å². The molecular weight excluding hydrogens is 620 g/mol. The normalized spacial score (nSPS) is 11.1. The van der Waals surface area contributed by atoms with Crippen molar-refractivity contribution in [3.8, 4) is 0 Å². The molecule has 2 nitrogen and oxygen atoms in total. The van der Waals surface area contributed by atoms with Gasteiger partial charge >= 0.3 is 0 Å². The van der Waals surface area contributed by atoms with Gasteiger partial charge in [-0.1, -0.05) is 164 Å². The second kappa shape index (κ2) is 16.0. The summed E-state index contributed by atoms with van der Waals surface area (Å²) in [7, 11) is -1.91. The molecule has 0 aromatic heterocycles. The molecule has 0 saturated heterocycles. The summed E-state index contributed by atoms with van der Waals surface area (Å²) in [5.41, 5.74) is 1.70. The van der Waals surface area contributed by atoms with Crippen molar-refractivity contribution in [1.29, 1.82) is 0 Å². The molecule has 0 saturated carbocycles. The number of carbonyl (C=O) groups excluding carboxylic acids is 1. The number of hydrogen-bond donors (Lipinski definition) is 1. The third-order valence-corrected chi connectivity index (χ3v) is 12.9. The average Bonchev–Trinajstić information content (AvgIpc) is 3.20. The second-order valence-corrected chi connectivity index (χ2v) is 15.0. The first-order chi connectivity index (χ1) is 24.2. The lowest BCUT2D eigenvalue weighted by Crippen LogP contribution is -2.48. The summed E-state index contributed by atoms with van der Waals surface area (Å²) in [6, 6.07) is 72.7. The van der Waals surface area contributed by atoms with Crippen molar-refractivity contribution in [2.24, 2.45) is 0 Å². The van der Waals surface area contributed by atoms with E-state index >= 15 is 0 Å². The second-order valence-electron chi connectivity index (χ2n) is 11.5. The van der Waals surface area contributed by atoms with E-state index in [4.69, 9.17) is 0 Å². The van der Waals surface area contributed by atoms with Crippen molar-refractivity contribution in [1.82, 2.24) is 5.32 Å². The molecule has 1 amide bonds. The number of rotatable bonds is 9. The van der Waals surface area contributed by atoms with Crippen LogP contribution in [-0.4, -0.2) is 12.6 Å². The summed E-state index contributed by atoms with van der Waals surface area (Å²) >= 11 is 0. The van der Waals surface area contributed by atoms with Crippen molar-refractivity contribution in [3.63, 3.8) is 0 Å². The van der Waals surface area contributed by atoms with E-state index < -0.39 is 25.4 Å². The Morgan fingerprint density at radius 2 is 0.633 bits per heavy atom. The van der Waals surface area contributed by atoms with Crippen molar-refractivity contribution in [2.75, 3.05) is 6.67 Å². The van der Waals surface area contributed by atoms with Crippen LogP contribution >= 0.6 is 7.26 Å². The monoisotopic (exact) mass is 658 g/mol. The van der Waals surface area contributed by atoms with E-state index in [0.717, 1.165) is 16.7 Å². The van der Waals surface area contributed by atoms with Gasteiger partial charge in [-0.05, 0) is 65.2 Å².